The summed E-state index contributed by atoms with van der Waals surface area (Å²) in [5.41, 5.74) is 2.97. The Kier molecular flexibility index (Phi) is 3.84. The number of alkyl halides is 1. The van der Waals surface area contributed by atoms with Crippen LogP contribution in [-0.4, -0.2) is 15.0 Å². The van der Waals surface area contributed by atoms with Gasteiger partial charge in [-0.1, -0.05) is 28.1 Å². The molecule has 0 saturated heterocycles. The van der Waals surface area contributed by atoms with Crippen LogP contribution in [0.15, 0.2) is 28.9 Å². The molecule has 1 aromatic heterocycles. The van der Waals surface area contributed by atoms with E-state index in [2.05, 4.69) is 32.3 Å². The van der Waals surface area contributed by atoms with Crippen LogP contribution in [0.3, 0.4) is 0 Å². The first-order chi connectivity index (χ1) is 8.11. The van der Waals surface area contributed by atoms with E-state index in [1.807, 2.05) is 32.2 Å². The smallest absolute Gasteiger partial charge is 0.101 e. The maximum absolute atomic E-state index is 6.13. The van der Waals surface area contributed by atoms with Gasteiger partial charge in [0.2, 0.25) is 0 Å². The number of nitrogens with zero attached hydrogens (tertiary/aromatic N) is 3. The molecule has 1 heterocycles. The Balaban J connectivity index is 2.37. The molecule has 0 aliphatic carbocycles. The van der Waals surface area contributed by atoms with E-state index in [4.69, 9.17) is 11.6 Å². The second-order valence-electron chi connectivity index (χ2n) is 3.89. The minimum absolute atomic E-state index is 0.0699. The Labute approximate surface area is 114 Å². The molecule has 5 heteroatoms. The Morgan fingerprint density at radius 3 is 2.88 bits per heavy atom. The summed E-state index contributed by atoms with van der Waals surface area (Å²) in [5.74, 6) is 0. The van der Waals surface area contributed by atoms with E-state index in [-0.39, 0.29) is 5.38 Å². The van der Waals surface area contributed by atoms with Crippen LogP contribution < -0.4 is 0 Å². The van der Waals surface area contributed by atoms with Crippen LogP contribution >= 0.6 is 27.5 Å². The summed E-state index contributed by atoms with van der Waals surface area (Å²) in [5, 5.41) is 8.14. The average Bonchev–Trinajstić information content (AvgIpc) is 2.77. The van der Waals surface area contributed by atoms with Crippen molar-refractivity contribution in [3.63, 3.8) is 0 Å². The molecule has 1 aromatic carbocycles. The molecule has 0 fully saturated rings. The fourth-order valence-electron chi connectivity index (χ4n) is 1.62. The Morgan fingerprint density at radius 1 is 1.47 bits per heavy atom. The molecule has 1 unspecified atom stereocenters. The zero-order chi connectivity index (χ0) is 12.4. The highest BCUT2D eigenvalue weighted by Crippen LogP contribution is 2.23. The normalized spacial score (nSPS) is 12.7. The first-order valence-corrected chi connectivity index (χ1v) is 6.67. The molecule has 0 saturated carbocycles. The van der Waals surface area contributed by atoms with Crippen LogP contribution in [-0.2, 0) is 0 Å². The van der Waals surface area contributed by atoms with Crippen molar-refractivity contribution < 1.29 is 0 Å². The Morgan fingerprint density at radius 2 is 2.24 bits per heavy atom. The average molecular weight is 315 g/mol. The lowest BCUT2D eigenvalue weighted by Gasteiger charge is -2.05. The predicted molar refractivity (Wildman–Crippen MR) is 72.7 cm³/mol. The number of aryl methyl sites for hydroxylation is 1. The van der Waals surface area contributed by atoms with Crippen molar-refractivity contribution in [3.05, 3.63) is 40.1 Å². The minimum Gasteiger partial charge on any atom is -0.220 e. The third-order valence-corrected chi connectivity index (χ3v) is 3.62. The lowest BCUT2D eigenvalue weighted by molar-refractivity contribution is 0.782. The number of halogens is 2. The van der Waals surface area contributed by atoms with Crippen molar-refractivity contribution >= 4 is 27.5 Å². The topological polar surface area (TPSA) is 30.7 Å². The van der Waals surface area contributed by atoms with Crippen LogP contribution in [0.25, 0.3) is 5.69 Å². The molecule has 0 aliphatic heterocycles. The molecule has 17 heavy (non-hydrogen) atoms. The summed E-state index contributed by atoms with van der Waals surface area (Å²) in [6.45, 7) is 4.07. The van der Waals surface area contributed by atoms with E-state index in [0.29, 0.717) is 0 Å². The van der Waals surface area contributed by atoms with E-state index >= 15 is 0 Å². The van der Waals surface area contributed by atoms with Crippen molar-refractivity contribution in [2.75, 3.05) is 0 Å². The molecule has 1 atom stereocenters. The maximum Gasteiger partial charge on any atom is 0.101 e. The molecule has 0 bridgehead atoms. The second-order valence-corrected chi connectivity index (χ2v) is 5.34. The summed E-state index contributed by atoms with van der Waals surface area (Å²) in [6.07, 6.45) is 2.73. The second kappa shape index (κ2) is 5.19. The van der Waals surface area contributed by atoms with Gasteiger partial charge in [0.25, 0.3) is 0 Å². The zero-order valence-corrected chi connectivity index (χ0v) is 12.0. The van der Waals surface area contributed by atoms with Gasteiger partial charge in [0, 0.05) is 4.47 Å². The Hall–Kier alpha value is -0.870. The van der Waals surface area contributed by atoms with Gasteiger partial charge in [-0.2, -0.15) is 0 Å². The molecule has 0 radical (unpaired) electrons. The monoisotopic (exact) mass is 313 g/mol. The molecule has 0 amide bonds. The Bertz CT molecular complexity index is 524. The predicted octanol–water partition coefficient (Wildman–Crippen LogP) is 4.03. The van der Waals surface area contributed by atoms with Gasteiger partial charge in [-0.3, -0.25) is 0 Å². The van der Waals surface area contributed by atoms with Crippen LogP contribution in [0.1, 0.15) is 30.0 Å². The highest BCUT2D eigenvalue weighted by atomic mass is 79.9. The highest BCUT2D eigenvalue weighted by Gasteiger charge is 2.11. The number of hydrogen-bond acceptors (Lipinski definition) is 2. The van der Waals surface area contributed by atoms with Crippen LogP contribution in [0.4, 0.5) is 0 Å². The van der Waals surface area contributed by atoms with Gasteiger partial charge in [0.1, 0.15) is 5.69 Å². The molecule has 0 aliphatic rings. The summed E-state index contributed by atoms with van der Waals surface area (Å²) in [6, 6.07) is 6.05. The van der Waals surface area contributed by atoms with Gasteiger partial charge in [-0.05, 0) is 37.1 Å². The molecule has 3 nitrogen and oxygen atoms in total. The number of rotatable bonds is 3. The molecular formula is C12H13BrClN3. The van der Waals surface area contributed by atoms with Crippen LogP contribution in [0.2, 0.25) is 0 Å². The first kappa shape index (κ1) is 12.6. The molecule has 2 aromatic rings. The fourth-order valence-corrected chi connectivity index (χ4v) is 2.20. The molecular weight excluding hydrogens is 302 g/mol. The SMILES string of the molecule is CCC(Cl)c1cn(-c2ccc(Br)cc2C)nn1. The number of hydrogen-bond donors (Lipinski definition) is 0. The van der Waals surface area contributed by atoms with Gasteiger partial charge < -0.3 is 0 Å². The molecule has 0 N–H and O–H groups in total. The summed E-state index contributed by atoms with van der Waals surface area (Å²) >= 11 is 9.58. The van der Waals surface area contributed by atoms with Gasteiger partial charge in [0.05, 0.1) is 17.3 Å². The van der Waals surface area contributed by atoms with E-state index < -0.39 is 0 Å². The van der Waals surface area contributed by atoms with E-state index in [1.165, 1.54) is 0 Å². The van der Waals surface area contributed by atoms with Gasteiger partial charge >= 0.3 is 0 Å². The highest BCUT2D eigenvalue weighted by molar-refractivity contribution is 9.10. The molecule has 2 rings (SSSR count). The van der Waals surface area contributed by atoms with E-state index in [0.717, 1.165) is 27.8 Å². The number of aromatic nitrogens is 3. The fraction of sp³-hybridized carbons (Fsp3) is 0.333. The largest absolute Gasteiger partial charge is 0.220 e. The van der Waals surface area contributed by atoms with E-state index in [9.17, 15) is 0 Å². The summed E-state index contributed by atoms with van der Waals surface area (Å²) < 4.78 is 2.82. The minimum atomic E-state index is -0.0699. The third kappa shape index (κ3) is 2.69. The van der Waals surface area contributed by atoms with E-state index in [1.54, 1.807) is 4.68 Å². The van der Waals surface area contributed by atoms with Crippen molar-refractivity contribution in [3.8, 4) is 5.69 Å². The molecule has 0 spiro atoms. The third-order valence-electron chi connectivity index (χ3n) is 2.60. The summed E-state index contributed by atoms with van der Waals surface area (Å²) in [7, 11) is 0. The van der Waals surface area contributed by atoms with Crippen molar-refractivity contribution in [2.24, 2.45) is 0 Å². The van der Waals surface area contributed by atoms with Crippen LogP contribution in [0.5, 0.6) is 0 Å². The van der Waals surface area contributed by atoms with Gasteiger partial charge in [-0.25, -0.2) is 4.68 Å². The van der Waals surface area contributed by atoms with Crippen LogP contribution in [0, 0.1) is 6.92 Å². The molecule has 90 valence electrons. The number of benzene rings is 1. The lowest BCUT2D eigenvalue weighted by Crippen LogP contribution is -1.97. The van der Waals surface area contributed by atoms with Crippen molar-refractivity contribution in [1.29, 1.82) is 0 Å². The maximum atomic E-state index is 6.13. The summed E-state index contributed by atoms with van der Waals surface area (Å²) in [4.78, 5) is 0. The van der Waals surface area contributed by atoms with Gasteiger partial charge in [-0.15, -0.1) is 16.7 Å². The standard InChI is InChI=1S/C12H13BrClN3/c1-3-10(14)11-7-17(16-15-11)12-5-4-9(13)6-8(12)2/h4-7,10H,3H2,1-2H3. The van der Waals surface area contributed by atoms with Crippen molar-refractivity contribution in [2.45, 2.75) is 25.6 Å². The lowest BCUT2D eigenvalue weighted by atomic mass is 10.2. The van der Waals surface area contributed by atoms with Crippen molar-refractivity contribution in [1.82, 2.24) is 15.0 Å². The first-order valence-electron chi connectivity index (χ1n) is 5.44. The quantitative estimate of drug-likeness (QED) is 0.801. The van der Waals surface area contributed by atoms with Gasteiger partial charge in [0.15, 0.2) is 0 Å². The zero-order valence-electron chi connectivity index (χ0n) is 9.69.